The summed E-state index contributed by atoms with van der Waals surface area (Å²) >= 11 is 0. The van der Waals surface area contributed by atoms with Crippen molar-refractivity contribution in [1.29, 1.82) is 0 Å². The van der Waals surface area contributed by atoms with E-state index in [1.165, 1.54) is 12.2 Å². The van der Waals surface area contributed by atoms with Crippen LogP contribution in [0.5, 0.6) is 0 Å². The maximum Gasteiger partial charge on any atom is 0.228 e. The van der Waals surface area contributed by atoms with E-state index >= 15 is 0 Å². The molecule has 1 amide bonds. The van der Waals surface area contributed by atoms with Crippen LogP contribution in [-0.4, -0.2) is 5.91 Å². The van der Waals surface area contributed by atoms with Crippen LogP contribution in [0.3, 0.4) is 0 Å². The summed E-state index contributed by atoms with van der Waals surface area (Å²) in [6, 6.07) is 0. The molecular weight excluding hydrogens is 102 g/mol. The van der Waals surface area contributed by atoms with Crippen molar-refractivity contribution in [3.63, 3.8) is 0 Å². The number of carbonyl (C=O) groups is 1. The van der Waals surface area contributed by atoms with Crippen LogP contribution in [0.15, 0.2) is 25.3 Å². The van der Waals surface area contributed by atoms with Crippen LogP contribution in [0.25, 0.3) is 0 Å². The summed E-state index contributed by atoms with van der Waals surface area (Å²) in [5.74, 6) is -0.787. The lowest BCUT2D eigenvalue weighted by atomic mass is 10.1. The number of nitrogens with two attached hydrogens (primary N) is 1. The third-order valence-electron chi connectivity index (χ3n) is 0.836. The quantitative estimate of drug-likeness (QED) is 0.528. The monoisotopic (exact) mass is 111 g/mol. The fourth-order valence-electron chi connectivity index (χ4n) is 0.329. The topological polar surface area (TPSA) is 43.1 Å². The van der Waals surface area contributed by atoms with Crippen molar-refractivity contribution in [2.24, 2.45) is 11.7 Å². The summed E-state index contributed by atoms with van der Waals surface area (Å²) in [6.45, 7) is 6.76. The predicted molar refractivity (Wildman–Crippen MR) is 33.1 cm³/mol. The minimum absolute atomic E-state index is 0.380. The van der Waals surface area contributed by atoms with Gasteiger partial charge in [-0.05, 0) is 0 Å². The molecule has 44 valence electrons. The van der Waals surface area contributed by atoms with E-state index in [2.05, 4.69) is 13.2 Å². The molecule has 0 aromatic rings. The molecule has 2 nitrogen and oxygen atoms in total. The first-order valence-electron chi connectivity index (χ1n) is 2.26. The summed E-state index contributed by atoms with van der Waals surface area (Å²) < 4.78 is 0. The Morgan fingerprint density at radius 3 is 1.88 bits per heavy atom. The van der Waals surface area contributed by atoms with E-state index in [1.54, 1.807) is 0 Å². The number of primary amides is 1. The molecule has 2 heteroatoms. The maximum atomic E-state index is 10.2. The summed E-state index contributed by atoms with van der Waals surface area (Å²) in [5.41, 5.74) is 4.88. The first kappa shape index (κ1) is 6.95. The van der Waals surface area contributed by atoms with Gasteiger partial charge >= 0.3 is 0 Å². The van der Waals surface area contributed by atoms with Gasteiger partial charge in [0.2, 0.25) is 5.91 Å². The van der Waals surface area contributed by atoms with Crippen LogP contribution in [0, 0.1) is 5.92 Å². The van der Waals surface area contributed by atoms with E-state index in [0.29, 0.717) is 0 Å². The zero-order valence-electron chi connectivity index (χ0n) is 4.63. The zero-order chi connectivity index (χ0) is 6.57. The first-order valence-corrected chi connectivity index (χ1v) is 2.26. The molecule has 0 saturated heterocycles. The smallest absolute Gasteiger partial charge is 0.228 e. The summed E-state index contributed by atoms with van der Waals surface area (Å²) in [4.78, 5) is 10.2. The van der Waals surface area contributed by atoms with E-state index < -0.39 is 5.91 Å². The number of hydrogen-bond acceptors (Lipinski definition) is 1. The molecule has 0 aromatic heterocycles. The highest BCUT2D eigenvalue weighted by Crippen LogP contribution is 1.94. The molecule has 0 heterocycles. The second-order valence-electron chi connectivity index (χ2n) is 1.40. The molecule has 2 N–H and O–H groups in total. The Kier molecular flexibility index (Phi) is 2.62. The van der Waals surface area contributed by atoms with Gasteiger partial charge in [-0.25, -0.2) is 0 Å². The lowest BCUT2D eigenvalue weighted by molar-refractivity contribution is -0.119. The molecule has 0 aliphatic carbocycles. The van der Waals surface area contributed by atoms with E-state index in [9.17, 15) is 4.79 Å². The average Bonchev–Trinajstić information content (AvgIpc) is 1.69. The summed E-state index contributed by atoms with van der Waals surface area (Å²) in [5, 5.41) is 0. The Balaban J connectivity index is 3.88. The molecular formula is C6H9NO. The van der Waals surface area contributed by atoms with Crippen LogP contribution in [0.4, 0.5) is 0 Å². The minimum Gasteiger partial charge on any atom is -0.369 e. The van der Waals surface area contributed by atoms with Crippen molar-refractivity contribution in [3.8, 4) is 0 Å². The molecule has 0 aliphatic heterocycles. The van der Waals surface area contributed by atoms with Gasteiger partial charge in [0.1, 0.15) is 0 Å². The number of rotatable bonds is 3. The van der Waals surface area contributed by atoms with Crippen molar-refractivity contribution < 1.29 is 4.79 Å². The largest absolute Gasteiger partial charge is 0.369 e. The van der Waals surface area contributed by atoms with Crippen LogP contribution in [0.1, 0.15) is 0 Å². The van der Waals surface area contributed by atoms with E-state index in [4.69, 9.17) is 5.73 Å². The first-order chi connectivity index (χ1) is 3.72. The zero-order valence-corrected chi connectivity index (χ0v) is 4.63. The third-order valence-corrected chi connectivity index (χ3v) is 0.836. The van der Waals surface area contributed by atoms with Crippen LogP contribution >= 0.6 is 0 Å². The Hall–Kier alpha value is -1.05. The van der Waals surface area contributed by atoms with Gasteiger partial charge in [-0.3, -0.25) is 4.79 Å². The lowest BCUT2D eigenvalue weighted by Crippen LogP contribution is -2.18. The van der Waals surface area contributed by atoms with Crippen LogP contribution in [0.2, 0.25) is 0 Å². The molecule has 0 spiro atoms. The molecule has 0 bridgehead atoms. The van der Waals surface area contributed by atoms with Gasteiger partial charge in [-0.15, -0.1) is 13.2 Å². The fourth-order valence-corrected chi connectivity index (χ4v) is 0.329. The molecule has 0 rings (SSSR count). The van der Waals surface area contributed by atoms with Gasteiger partial charge in [-0.1, -0.05) is 12.2 Å². The van der Waals surface area contributed by atoms with Crippen molar-refractivity contribution in [2.45, 2.75) is 0 Å². The molecule has 0 aromatic carbocycles. The van der Waals surface area contributed by atoms with Gasteiger partial charge in [0.05, 0.1) is 5.92 Å². The lowest BCUT2D eigenvalue weighted by Gasteiger charge is -1.96. The third kappa shape index (κ3) is 1.60. The minimum atomic E-state index is -0.407. The van der Waals surface area contributed by atoms with Gasteiger partial charge in [0, 0.05) is 0 Å². The Bertz CT molecular complexity index is 110. The normalized spacial score (nSPS) is 8.62. The molecule has 0 unspecified atom stereocenters. The summed E-state index contributed by atoms with van der Waals surface area (Å²) in [6.07, 6.45) is 2.91. The second-order valence-corrected chi connectivity index (χ2v) is 1.40. The molecule has 0 radical (unpaired) electrons. The maximum absolute atomic E-state index is 10.2. The highest BCUT2D eigenvalue weighted by molar-refractivity contribution is 5.80. The second kappa shape index (κ2) is 3.02. The highest BCUT2D eigenvalue weighted by atomic mass is 16.1. The number of hydrogen-bond donors (Lipinski definition) is 1. The molecule has 0 atom stereocenters. The van der Waals surface area contributed by atoms with E-state index in [-0.39, 0.29) is 5.92 Å². The van der Waals surface area contributed by atoms with Crippen molar-refractivity contribution in [2.75, 3.05) is 0 Å². The SMILES string of the molecule is C=CC(C=C)C(N)=O. The number of carbonyl (C=O) groups excluding carboxylic acids is 1. The van der Waals surface area contributed by atoms with Gasteiger partial charge in [-0.2, -0.15) is 0 Å². The molecule has 0 saturated carbocycles. The average molecular weight is 111 g/mol. The van der Waals surface area contributed by atoms with Crippen molar-refractivity contribution in [1.82, 2.24) is 0 Å². The number of amides is 1. The standard InChI is InChI=1S/C6H9NO/c1-3-5(4-2)6(7)8/h3-5H,1-2H2,(H2,7,8). The highest BCUT2D eigenvalue weighted by Gasteiger charge is 2.02. The Morgan fingerprint density at radius 2 is 1.88 bits per heavy atom. The van der Waals surface area contributed by atoms with Gasteiger partial charge in [0.15, 0.2) is 0 Å². The Labute approximate surface area is 48.7 Å². The van der Waals surface area contributed by atoms with Gasteiger partial charge in [0.25, 0.3) is 0 Å². The van der Waals surface area contributed by atoms with E-state index in [1.807, 2.05) is 0 Å². The van der Waals surface area contributed by atoms with Crippen molar-refractivity contribution >= 4 is 5.91 Å². The summed E-state index contributed by atoms with van der Waals surface area (Å²) in [7, 11) is 0. The fraction of sp³-hybridized carbons (Fsp3) is 0.167. The van der Waals surface area contributed by atoms with Crippen molar-refractivity contribution in [3.05, 3.63) is 25.3 Å². The molecule has 0 fully saturated rings. The van der Waals surface area contributed by atoms with Crippen LogP contribution < -0.4 is 5.73 Å². The molecule has 8 heavy (non-hydrogen) atoms. The van der Waals surface area contributed by atoms with Gasteiger partial charge < -0.3 is 5.73 Å². The van der Waals surface area contributed by atoms with Crippen LogP contribution in [-0.2, 0) is 4.79 Å². The predicted octanol–water partition coefficient (Wildman–Crippen LogP) is 0.460. The molecule has 0 aliphatic rings. The van der Waals surface area contributed by atoms with E-state index in [0.717, 1.165) is 0 Å². The Morgan fingerprint density at radius 1 is 1.50 bits per heavy atom.